The molecule has 0 spiro atoms. The van der Waals surface area contributed by atoms with Crippen LogP contribution in [0, 0.1) is 11.8 Å². The van der Waals surface area contributed by atoms with E-state index in [-0.39, 0.29) is 4.90 Å². The fourth-order valence-electron chi connectivity index (χ4n) is 3.63. The smallest absolute Gasteiger partial charge is 0.246 e. The van der Waals surface area contributed by atoms with Crippen molar-refractivity contribution in [2.24, 2.45) is 17.7 Å². The number of nitrogens with two attached hydrogens (primary N) is 1. The van der Waals surface area contributed by atoms with E-state index in [0.29, 0.717) is 30.6 Å². The van der Waals surface area contributed by atoms with Gasteiger partial charge in [-0.2, -0.15) is 4.31 Å². The normalized spacial score (nSPS) is 27.1. The standard InChI is InChI=1S/C14H22N4O2S/c15-17-13-5-7-16-9-14(13)21(19,20)18-8-6-11-3-1-2-4-12(11)10-18/h5,7,9,11-12H,1-4,6,8,10,15H2,(H,16,17). The number of nitrogen functional groups attached to an aromatic ring is 1. The number of nitrogens with zero attached hydrogens (tertiary/aromatic N) is 2. The molecule has 2 aliphatic rings. The second-order valence-corrected chi connectivity index (χ2v) is 7.88. The Labute approximate surface area is 125 Å². The van der Waals surface area contributed by atoms with Crippen molar-refractivity contribution in [2.45, 2.75) is 37.0 Å². The average molecular weight is 310 g/mol. The van der Waals surface area contributed by atoms with Crippen molar-refractivity contribution in [3.8, 4) is 0 Å². The number of hydrazine groups is 1. The molecular formula is C14H22N4O2S. The van der Waals surface area contributed by atoms with E-state index in [1.165, 1.54) is 31.7 Å². The van der Waals surface area contributed by atoms with Gasteiger partial charge in [0, 0.05) is 25.5 Å². The summed E-state index contributed by atoms with van der Waals surface area (Å²) in [6.45, 7) is 1.23. The first-order valence-corrected chi connectivity index (χ1v) is 8.97. The second-order valence-electron chi connectivity index (χ2n) is 5.97. The van der Waals surface area contributed by atoms with Gasteiger partial charge in [0.05, 0.1) is 5.69 Å². The maximum absolute atomic E-state index is 12.8. The largest absolute Gasteiger partial charge is 0.323 e. The Hall–Kier alpha value is -1.18. The number of anilines is 1. The molecule has 3 rings (SSSR count). The van der Waals surface area contributed by atoms with Crippen LogP contribution in [0.1, 0.15) is 32.1 Å². The summed E-state index contributed by atoms with van der Waals surface area (Å²) < 4.78 is 27.3. The molecule has 3 N–H and O–H groups in total. The van der Waals surface area contributed by atoms with E-state index in [0.717, 1.165) is 12.8 Å². The number of sulfonamides is 1. The molecular weight excluding hydrogens is 288 g/mol. The van der Waals surface area contributed by atoms with Crippen molar-refractivity contribution in [1.82, 2.24) is 9.29 Å². The van der Waals surface area contributed by atoms with Crippen molar-refractivity contribution >= 4 is 15.7 Å². The molecule has 6 nitrogen and oxygen atoms in total. The van der Waals surface area contributed by atoms with E-state index in [9.17, 15) is 8.42 Å². The highest BCUT2D eigenvalue weighted by atomic mass is 32.2. The lowest BCUT2D eigenvalue weighted by atomic mass is 9.76. The minimum Gasteiger partial charge on any atom is -0.323 e. The molecule has 0 bridgehead atoms. The van der Waals surface area contributed by atoms with Crippen molar-refractivity contribution in [3.05, 3.63) is 18.5 Å². The van der Waals surface area contributed by atoms with Crippen LogP contribution in [0.5, 0.6) is 0 Å². The first-order chi connectivity index (χ1) is 10.1. The molecule has 2 atom stereocenters. The van der Waals surface area contributed by atoms with Gasteiger partial charge in [0.2, 0.25) is 10.0 Å². The number of pyridine rings is 1. The molecule has 2 unspecified atom stereocenters. The fraction of sp³-hybridized carbons (Fsp3) is 0.643. The van der Waals surface area contributed by atoms with Crippen molar-refractivity contribution < 1.29 is 8.42 Å². The maximum Gasteiger partial charge on any atom is 0.246 e. The highest BCUT2D eigenvalue weighted by molar-refractivity contribution is 7.89. The van der Waals surface area contributed by atoms with E-state index >= 15 is 0 Å². The summed E-state index contributed by atoms with van der Waals surface area (Å²) >= 11 is 0. The molecule has 1 aliphatic carbocycles. The highest BCUT2D eigenvalue weighted by Gasteiger charge is 2.37. The monoisotopic (exact) mass is 310 g/mol. The minimum absolute atomic E-state index is 0.168. The van der Waals surface area contributed by atoms with Gasteiger partial charge in [0.15, 0.2) is 0 Å². The molecule has 2 heterocycles. The number of hydrogen-bond acceptors (Lipinski definition) is 5. The summed E-state index contributed by atoms with van der Waals surface area (Å²) in [6.07, 6.45) is 8.77. The highest BCUT2D eigenvalue weighted by Crippen LogP contribution is 2.38. The summed E-state index contributed by atoms with van der Waals surface area (Å²) in [5.41, 5.74) is 2.85. The SMILES string of the molecule is NNc1ccncc1S(=O)(=O)N1CCC2CCCCC2C1. The van der Waals surface area contributed by atoms with E-state index < -0.39 is 10.0 Å². The van der Waals surface area contributed by atoms with Gasteiger partial charge in [-0.15, -0.1) is 0 Å². The Kier molecular flexibility index (Phi) is 4.14. The molecule has 1 aromatic heterocycles. The zero-order chi connectivity index (χ0) is 14.9. The summed E-state index contributed by atoms with van der Waals surface area (Å²) in [6, 6.07) is 1.58. The number of fused-ring (bicyclic) bond motifs is 1. The Morgan fingerprint density at radius 1 is 1.24 bits per heavy atom. The minimum atomic E-state index is -3.53. The lowest BCUT2D eigenvalue weighted by molar-refractivity contribution is 0.136. The van der Waals surface area contributed by atoms with E-state index in [4.69, 9.17) is 5.84 Å². The predicted molar refractivity (Wildman–Crippen MR) is 80.9 cm³/mol. The van der Waals surface area contributed by atoms with Crippen molar-refractivity contribution in [1.29, 1.82) is 0 Å². The van der Waals surface area contributed by atoms with Gasteiger partial charge in [0.25, 0.3) is 0 Å². The molecule has 0 radical (unpaired) electrons. The molecule has 1 aromatic rings. The first-order valence-electron chi connectivity index (χ1n) is 7.53. The molecule has 0 amide bonds. The maximum atomic E-state index is 12.8. The second kappa shape index (κ2) is 5.90. The topological polar surface area (TPSA) is 88.3 Å². The number of rotatable bonds is 3. The van der Waals surface area contributed by atoms with E-state index in [2.05, 4.69) is 10.4 Å². The third-order valence-corrected chi connectivity index (χ3v) is 6.70. The molecule has 1 saturated heterocycles. The van der Waals surface area contributed by atoms with Crippen LogP contribution < -0.4 is 11.3 Å². The third-order valence-electron chi connectivity index (χ3n) is 4.81. The Bertz CT molecular complexity index is 605. The van der Waals surface area contributed by atoms with Crippen LogP contribution in [0.25, 0.3) is 0 Å². The van der Waals surface area contributed by atoms with E-state index in [1.807, 2.05) is 0 Å². The van der Waals surface area contributed by atoms with Crippen LogP contribution in [0.3, 0.4) is 0 Å². The summed E-state index contributed by atoms with van der Waals surface area (Å²) in [5.74, 6) is 6.63. The zero-order valence-corrected chi connectivity index (χ0v) is 12.8. The predicted octanol–water partition coefficient (Wildman–Crippen LogP) is 1.57. The zero-order valence-electron chi connectivity index (χ0n) is 12.0. The first kappa shape index (κ1) is 14.7. The van der Waals surface area contributed by atoms with Gasteiger partial charge >= 0.3 is 0 Å². The van der Waals surface area contributed by atoms with Gasteiger partial charge in [-0.05, 0) is 30.7 Å². The number of aromatic nitrogens is 1. The van der Waals surface area contributed by atoms with Gasteiger partial charge in [-0.25, -0.2) is 8.42 Å². The van der Waals surface area contributed by atoms with Crippen LogP contribution in [0.4, 0.5) is 5.69 Å². The van der Waals surface area contributed by atoms with Gasteiger partial charge in [0.1, 0.15) is 4.90 Å². The quantitative estimate of drug-likeness (QED) is 0.653. The Morgan fingerprint density at radius 3 is 2.76 bits per heavy atom. The molecule has 1 aliphatic heterocycles. The Balaban J connectivity index is 1.85. The van der Waals surface area contributed by atoms with Crippen LogP contribution >= 0.6 is 0 Å². The van der Waals surface area contributed by atoms with Crippen LogP contribution in [0.15, 0.2) is 23.4 Å². The van der Waals surface area contributed by atoms with Crippen LogP contribution in [-0.2, 0) is 10.0 Å². The number of piperidine rings is 1. The molecule has 2 fully saturated rings. The summed E-state index contributed by atoms with van der Waals surface area (Å²) in [7, 11) is -3.53. The van der Waals surface area contributed by atoms with Gasteiger partial charge < -0.3 is 5.43 Å². The molecule has 21 heavy (non-hydrogen) atoms. The molecule has 7 heteroatoms. The fourth-order valence-corrected chi connectivity index (χ4v) is 5.24. The van der Waals surface area contributed by atoms with Gasteiger partial charge in [-0.1, -0.05) is 19.3 Å². The number of hydrogen-bond donors (Lipinski definition) is 2. The van der Waals surface area contributed by atoms with Crippen LogP contribution in [0.2, 0.25) is 0 Å². The van der Waals surface area contributed by atoms with Gasteiger partial charge in [-0.3, -0.25) is 10.8 Å². The van der Waals surface area contributed by atoms with Crippen molar-refractivity contribution in [2.75, 3.05) is 18.5 Å². The van der Waals surface area contributed by atoms with Crippen LogP contribution in [-0.4, -0.2) is 30.8 Å². The number of nitrogens with one attached hydrogen (secondary N) is 1. The third kappa shape index (κ3) is 2.77. The summed E-state index contributed by atoms with van der Waals surface area (Å²) in [4.78, 5) is 4.10. The molecule has 1 saturated carbocycles. The van der Waals surface area contributed by atoms with E-state index in [1.54, 1.807) is 10.4 Å². The van der Waals surface area contributed by atoms with Crippen molar-refractivity contribution in [3.63, 3.8) is 0 Å². The average Bonchev–Trinajstić information content (AvgIpc) is 2.54. The summed E-state index contributed by atoms with van der Waals surface area (Å²) in [5, 5.41) is 0. The lowest BCUT2D eigenvalue weighted by Crippen LogP contribution is -2.44. The molecule has 116 valence electrons. The molecule has 0 aromatic carbocycles. The lowest BCUT2D eigenvalue weighted by Gasteiger charge is -2.40. The Morgan fingerprint density at radius 2 is 2.00 bits per heavy atom.